The van der Waals surface area contributed by atoms with Crippen LogP contribution in [0.1, 0.15) is 41.7 Å². The van der Waals surface area contributed by atoms with Crippen molar-refractivity contribution in [2.75, 3.05) is 13.2 Å². The average molecular weight is 326 g/mol. The van der Waals surface area contributed by atoms with Gasteiger partial charge in [0.2, 0.25) is 0 Å². The fourth-order valence-corrected chi connectivity index (χ4v) is 2.68. The summed E-state index contributed by atoms with van der Waals surface area (Å²) in [5, 5.41) is 2.98. The maximum absolute atomic E-state index is 12.3. The number of benzene rings is 1. The molecule has 2 unspecified atom stereocenters. The number of ether oxygens (including phenoxy) is 2. The van der Waals surface area contributed by atoms with E-state index in [1.54, 1.807) is 24.5 Å². The molecule has 1 N–H and O–H groups in total. The standard InChI is InChI=1S/C19H22N2O3/c1-14(15-8-10-20-11-9-15)21-19(22)16-4-6-17(7-5-16)24-13-18-3-2-12-23-18/h4-11,14,18H,2-3,12-13H2,1H3,(H,21,22). The number of hydrogen-bond acceptors (Lipinski definition) is 4. The molecule has 0 radical (unpaired) electrons. The summed E-state index contributed by atoms with van der Waals surface area (Å²) in [5.41, 5.74) is 1.63. The highest BCUT2D eigenvalue weighted by molar-refractivity contribution is 5.94. The van der Waals surface area contributed by atoms with Gasteiger partial charge < -0.3 is 14.8 Å². The molecule has 2 aromatic rings. The van der Waals surface area contributed by atoms with Gasteiger partial charge in [0.15, 0.2) is 0 Å². The van der Waals surface area contributed by atoms with E-state index in [0.29, 0.717) is 12.2 Å². The van der Waals surface area contributed by atoms with Gasteiger partial charge in [-0.2, -0.15) is 0 Å². The van der Waals surface area contributed by atoms with E-state index in [1.807, 2.05) is 31.2 Å². The first-order valence-corrected chi connectivity index (χ1v) is 8.27. The van der Waals surface area contributed by atoms with Crippen LogP contribution >= 0.6 is 0 Å². The van der Waals surface area contributed by atoms with Gasteiger partial charge in [0, 0.05) is 24.6 Å². The van der Waals surface area contributed by atoms with E-state index in [2.05, 4.69) is 10.3 Å². The highest BCUT2D eigenvalue weighted by atomic mass is 16.5. The molecule has 0 bridgehead atoms. The van der Waals surface area contributed by atoms with Crippen LogP contribution in [0, 0.1) is 0 Å². The van der Waals surface area contributed by atoms with Crippen molar-refractivity contribution < 1.29 is 14.3 Å². The van der Waals surface area contributed by atoms with Crippen LogP contribution in [0.4, 0.5) is 0 Å². The molecule has 0 saturated carbocycles. The van der Waals surface area contributed by atoms with Gasteiger partial charge in [0.1, 0.15) is 12.4 Å². The Hall–Kier alpha value is -2.40. The van der Waals surface area contributed by atoms with Crippen molar-refractivity contribution in [1.29, 1.82) is 0 Å². The summed E-state index contributed by atoms with van der Waals surface area (Å²) in [6.45, 7) is 3.33. The topological polar surface area (TPSA) is 60.5 Å². The van der Waals surface area contributed by atoms with Gasteiger partial charge in [0.05, 0.1) is 12.1 Å². The van der Waals surface area contributed by atoms with Crippen molar-refractivity contribution in [2.24, 2.45) is 0 Å². The summed E-state index contributed by atoms with van der Waals surface area (Å²) in [5.74, 6) is 0.647. The Morgan fingerprint density at radius 3 is 2.71 bits per heavy atom. The summed E-state index contributed by atoms with van der Waals surface area (Å²) in [4.78, 5) is 16.3. The minimum Gasteiger partial charge on any atom is -0.491 e. The molecule has 126 valence electrons. The van der Waals surface area contributed by atoms with E-state index < -0.39 is 0 Å². The third-order valence-corrected chi connectivity index (χ3v) is 4.13. The van der Waals surface area contributed by atoms with Crippen molar-refractivity contribution in [2.45, 2.75) is 31.9 Å². The number of pyridine rings is 1. The number of aromatic nitrogens is 1. The van der Waals surface area contributed by atoms with Gasteiger partial charge in [-0.25, -0.2) is 0 Å². The Bertz CT molecular complexity index is 652. The third kappa shape index (κ3) is 4.32. The van der Waals surface area contributed by atoms with E-state index in [4.69, 9.17) is 9.47 Å². The van der Waals surface area contributed by atoms with Crippen LogP contribution in [0.2, 0.25) is 0 Å². The second kappa shape index (κ2) is 7.93. The zero-order chi connectivity index (χ0) is 16.8. The molecule has 5 heteroatoms. The SMILES string of the molecule is CC(NC(=O)c1ccc(OCC2CCCO2)cc1)c1ccncc1. The fourth-order valence-electron chi connectivity index (χ4n) is 2.68. The van der Waals surface area contributed by atoms with Crippen LogP contribution in [0.15, 0.2) is 48.8 Å². The molecule has 0 aliphatic carbocycles. The summed E-state index contributed by atoms with van der Waals surface area (Å²) in [6, 6.07) is 10.9. The lowest BCUT2D eigenvalue weighted by Gasteiger charge is -2.15. The highest BCUT2D eigenvalue weighted by Crippen LogP contribution is 2.17. The lowest BCUT2D eigenvalue weighted by molar-refractivity contribution is 0.0679. The van der Waals surface area contributed by atoms with E-state index in [1.165, 1.54) is 0 Å². The quantitative estimate of drug-likeness (QED) is 0.886. The lowest BCUT2D eigenvalue weighted by atomic mass is 10.1. The molecule has 1 fully saturated rings. The maximum Gasteiger partial charge on any atom is 0.251 e. The van der Waals surface area contributed by atoms with Crippen molar-refractivity contribution in [3.63, 3.8) is 0 Å². The second-order valence-electron chi connectivity index (χ2n) is 5.95. The summed E-state index contributed by atoms with van der Waals surface area (Å²) >= 11 is 0. The largest absolute Gasteiger partial charge is 0.491 e. The molecule has 2 atom stereocenters. The van der Waals surface area contributed by atoms with Gasteiger partial charge in [0.25, 0.3) is 5.91 Å². The van der Waals surface area contributed by atoms with Crippen LogP contribution in [0.5, 0.6) is 5.75 Å². The van der Waals surface area contributed by atoms with Crippen molar-refractivity contribution in [1.82, 2.24) is 10.3 Å². The summed E-state index contributed by atoms with van der Waals surface area (Å²) in [6.07, 6.45) is 5.78. The lowest BCUT2D eigenvalue weighted by Crippen LogP contribution is -2.26. The van der Waals surface area contributed by atoms with Crippen molar-refractivity contribution >= 4 is 5.91 Å². The van der Waals surface area contributed by atoms with E-state index in [9.17, 15) is 4.79 Å². The maximum atomic E-state index is 12.3. The molecule has 1 aromatic heterocycles. The van der Waals surface area contributed by atoms with Crippen LogP contribution in [-0.2, 0) is 4.74 Å². The molecule has 2 heterocycles. The molecule has 1 aromatic carbocycles. The molecule has 3 rings (SSSR count). The van der Waals surface area contributed by atoms with Crippen LogP contribution < -0.4 is 10.1 Å². The monoisotopic (exact) mass is 326 g/mol. The van der Waals surface area contributed by atoms with Gasteiger partial charge in [-0.1, -0.05) is 0 Å². The smallest absolute Gasteiger partial charge is 0.251 e. The predicted molar refractivity (Wildman–Crippen MR) is 91.0 cm³/mol. The zero-order valence-corrected chi connectivity index (χ0v) is 13.8. The van der Waals surface area contributed by atoms with Gasteiger partial charge in [-0.05, 0) is 61.7 Å². The summed E-state index contributed by atoms with van der Waals surface area (Å²) in [7, 11) is 0. The Balaban J connectivity index is 1.53. The number of nitrogens with zero attached hydrogens (tertiary/aromatic N) is 1. The highest BCUT2D eigenvalue weighted by Gasteiger charge is 2.16. The van der Waals surface area contributed by atoms with Crippen LogP contribution in [0.25, 0.3) is 0 Å². The average Bonchev–Trinajstić information content (AvgIpc) is 3.14. The Morgan fingerprint density at radius 1 is 1.29 bits per heavy atom. The third-order valence-electron chi connectivity index (χ3n) is 4.13. The number of amides is 1. The van der Waals surface area contributed by atoms with Crippen LogP contribution in [0.3, 0.4) is 0 Å². The minimum atomic E-state index is -0.106. The Kier molecular flexibility index (Phi) is 5.43. The van der Waals surface area contributed by atoms with E-state index in [-0.39, 0.29) is 18.1 Å². The number of carbonyl (C=O) groups is 1. The van der Waals surface area contributed by atoms with Gasteiger partial charge in [-0.3, -0.25) is 9.78 Å². The molecule has 24 heavy (non-hydrogen) atoms. The van der Waals surface area contributed by atoms with E-state index >= 15 is 0 Å². The van der Waals surface area contributed by atoms with Crippen molar-refractivity contribution in [3.05, 3.63) is 59.9 Å². The molecule has 1 aliphatic heterocycles. The predicted octanol–water partition coefficient (Wildman–Crippen LogP) is 3.13. The minimum absolute atomic E-state index is 0.0732. The zero-order valence-electron chi connectivity index (χ0n) is 13.8. The Labute approximate surface area is 142 Å². The first kappa shape index (κ1) is 16.5. The second-order valence-corrected chi connectivity index (χ2v) is 5.95. The van der Waals surface area contributed by atoms with Crippen molar-refractivity contribution in [3.8, 4) is 5.75 Å². The van der Waals surface area contributed by atoms with Crippen LogP contribution in [-0.4, -0.2) is 30.2 Å². The number of nitrogens with one attached hydrogen (secondary N) is 1. The molecule has 1 saturated heterocycles. The molecule has 5 nitrogen and oxygen atoms in total. The molecular weight excluding hydrogens is 304 g/mol. The fraction of sp³-hybridized carbons (Fsp3) is 0.368. The van der Waals surface area contributed by atoms with Gasteiger partial charge in [-0.15, -0.1) is 0 Å². The molecular formula is C19H22N2O3. The number of rotatable bonds is 6. The first-order valence-electron chi connectivity index (χ1n) is 8.27. The summed E-state index contributed by atoms with van der Waals surface area (Å²) < 4.78 is 11.2. The van der Waals surface area contributed by atoms with E-state index in [0.717, 1.165) is 30.8 Å². The molecule has 1 aliphatic rings. The normalized spacial score (nSPS) is 18.1. The number of hydrogen-bond donors (Lipinski definition) is 1. The Morgan fingerprint density at radius 2 is 2.04 bits per heavy atom. The van der Waals surface area contributed by atoms with Gasteiger partial charge >= 0.3 is 0 Å². The molecule has 0 spiro atoms. The molecule has 1 amide bonds. The number of carbonyl (C=O) groups excluding carboxylic acids is 1. The first-order chi connectivity index (χ1) is 11.7.